The fraction of sp³-hybridized carbons (Fsp3) is 0.730. The number of nitrogens with two attached hydrogens (primary N) is 1. The van der Waals surface area contributed by atoms with Gasteiger partial charge in [0.2, 0.25) is 5.91 Å². The fourth-order valence-electron chi connectivity index (χ4n) is 7.68. The van der Waals surface area contributed by atoms with Gasteiger partial charge < -0.3 is 30.5 Å². The highest BCUT2D eigenvalue weighted by Crippen LogP contribution is 2.49. The highest BCUT2D eigenvalue weighted by Gasteiger charge is 2.44. The number of carbonyl (C=O) groups is 4. The molecule has 0 bridgehead atoms. The summed E-state index contributed by atoms with van der Waals surface area (Å²) < 4.78 is 18.1. The predicted molar refractivity (Wildman–Crippen MR) is 198 cm³/mol. The molecule has 3 fully saturated rings. The van der Waals surface area contributed by atoms with Crippen molar-refractivity contribution >= 4 is 42.0 Å². The molecule has 12 heteroatoms. The molecule has 2 saturated heterocycles. The molecule has 2 aliphatic heterocycles. The summed E-state index contributed by atoms with van der Waals surface area (Å²) in [4.78, 5) is 54.7. The number of hydrogen-bond donors (Lipinski definition) is 2. The average Bonchev–Trinajstić information content (AvgIpc) is 3.54. The Morgan fingerprint density at radius 3 is 2.35 bits per heavy atom. The largest absolute Gasteiger partial charge is 0.369 e. The number of rotatable bonds is 15. The molecule has 3 N–H and O–H groups in total. The molecule has 1 aliphatic carbocycles. The number of nitrogens with one attached hydrogen (secondary N) is 1. The van der Waals surface area contributed by atoms with Crippen molar-refractivity contribution in [2.24, 2.45) is 11.1 Å². The van der Waals surface area contributed by atoms with E-state index in [-0.39, 0.29) is 35.4 Å². The number of carbonyl (C=O) groups excluding carboxylic acids is 4. The van der Waals surface area contributed by atoms with E-state index in [1.165, 1.54) is 57.2 Å². The van der Waals surface area contributed by atoms with Gasteiger partial charge in [-0.3, -0.25) is 18.7 Å². The summed E-state index contributed by atoms with van der Waals surface area (Å²) in [5, 5.41) is 3.18. The minimum absolute atomic E-state index is 0.0862. The van der Waals surface area contributed by atoms with E-state index in [1.54, 1.807) is 0 Å². The number of anilines is 1. The van der Waals surface area contributed by atoms with Crippen LogP contribution in [-0.4, -0.2) is 115 Å². The molecular weight excluding hydrogens is 644 g/mol. The maximum absolute atomic E-state index is 15.6. The number of aldehydes is 2. The van der Waals surface area contributed by atoms with Crippen molar-refractivity contribution in [1.82, 2.24) is 19.4 Å². The van der Waals surface area contributed by atoms with Gasteiger partial charge in [0.1, 0.15) is 18.1 Å². The number of benzene rings is 1. The minimum Gasteiger partial charge on any atom is -0.369 e. The highest BCUT2D eigenvalue weighted by molar-refractivity contribution is 7.97. The highest BCUT2D eigenvalue weighted by atomic mass is 32.2. The average molecular weight is 705 g/mol. The van der Waals surface area contributed by atoms with Crippen molar-refractivity contribution in [2.75, 3.05) is 58.3 Å². The van der Waals surface area contributed by atoms with E-state index in [0.717, 1.165) is 51.5 Å². The lowest BCUT2D eigenvalue weighted by Crippen LogP contribution is -2.47. The second kappa shape index (κ2) is 19.7. The first-order valence-corrected chi connectivity index (χ1v) is 19.3. The Balaban J connectivity index is 0.00000319. The molecule has 10 nitrogen and oxygen atoms in total. The third kappa shape index (κ3) is 10.7. The number of amides is 2. The maximum atomic E-state index is 15.6. The van der Waals surface area contributed by atoms with Crippen molar-refractivity contribution in [2.45, 2.75) is 115 Å². The molecule has 49 heavy (non-hydrogen) atoms. The summed E-state index contributed by atoms with van der Waals surface area (Å²) >= 11 is 2.03. The van der Waals surface area contributed by atoms with Crippen LogP contribution < -0.4 is 16.0 Å². The number of nitrogens with zero attached hydrogens (tertiary/aromatic N) is 4. The molecule has 276 valence electrons. The lowest BCUT2D eigenvalue weighted by atomic mass is 9.76. The van der Waals surface area contributed by atoms with Crippen molar-refractivity contribution in [3.8, 4) is 0 Å². The zero-order valence-corrected chi connectivity index (χ0v) is 31.5. The normalized spacial score (nSPS) is 20.8. The van der Waals surface area contributed by atoms with E-state index in [4.69, 9.17) is 5.73 Å². The molecule has 0 aromatic heterocycles. The van der Waals surface area contributed by atoms with E-state index in [2.05, 4.69) is 28.4 Å². The van der Waals surface area contributed by atoms with Crippen LogP contribution in [0.3, 0.4) is 0 Å². The van der Waals surface area contributed by atoms with E-state index >= 15 is 4.39 Å². The van der Waals surface area contributed by atoms with Gasteiger partial charge in [0.05, 0.1) is 11.3 Å². The first-order chi connectivity index (χ1) is 23.5. The van der Waals surface area contributed by atoms with Gasteiger partial charge in [0.15, 0.2) is 6.29 Å². The zero-order valence-electron chi connectivity index (χ0n) is 30.7. The molecule has 3 aliphatic rings. The number of piperidine rings is 2. The topological polar surface area (TPSA) is 119 Å². The number of likely N-dealkylation sites (N-methyl/N-ethyl adjacent to an activating group) is 2. The molecule has 1 saturated carbocycles. The van der Waals surface area contributed by atoms with E-state index in [1.807, 2.05) is 30.7 Å². The Morgan fingerprint density at radius 2 is 1.78 bits per heavy atom. The van der Waals surface area contributed by atoms with Gasteiger partial charge in [0.25, 0.3) is 5.91 Å². The van der Waals surface area contributed by atoms with Crippen LogP contribution in [0.1, 0.15) is 113 Å². The second-order valence-corrected chi connectivity index (χ2v) is 15.2. The molecule has 1 aromatic carbocycles. The van der Waals surface area contributed by atoms with Crippen LogP contribution in [0.4, 0.5) is 10.1 Å². The summed E-state index contributed by atoms with van der Waals surface area (Å²) in [6.07, 6.45) is 10.5. The zero-order chi connectivity index (χ0) is 36.1. The molecular formula is C37H61FN6O4S. The third-order valence-electron chi connectivity index (χ3n) is 10.7. The quantitative estimate of drug-likeness (QED) is 0.189. The van der Waals surface area contributed by atoms with Crippen molar-refractivity contribution < 1.29 is 23.6 Å². The van der Waals surface area contributed by atoms with Crippen LogP contribution in [0.25, 0.3) is 0 Å². The Labute approximate surface area is 298 Å². The smallest absolute Gasteiger partial charge is 0.255 e. The molecule has 3 atom stereocenters. The fourth-order valence-corrected chi connectivity index (χ4v) is 8.89. The minimum atomic E-state index is -0.916. The van der Waals surface area contributed by atoms with Crippen LogP contribution in [0.2, 0.25) is 0 Å². The first kappa shape index (κ1) is 40.9. The van der Waals surface area contributed by atoms with Crippen LogP contribution in [0.15, 0.2) is 12.1 Å². The number of halogens is 1. The van der Waals surface area contributed by atoms with Gasteiger partial charge in [-0.1, -0.05) is 32.7 Å². The van der Waals surface area contributed by atoms with Crippen LogP contribution in [0, 0.1) is 11.2 Å². The lowest BCUT2D eigenvalue weighted by Gasteiger charge is -2.42. The summed E-state index contributed by atoms with van der Waals surface area (Å²) in [5.41, 5.74) is 6.58. The Hall–Kier alpha value is -2.54. The van der Waals surface area contributed by atoms with E-state index < -0.39 is 23.7 Å². The maximum Gasteiger partial charge on any atom is 0.255 e. The van der Waals surface area contributed by atoms with Gasteiger partial charge in [-0.25, -0.2) is 4.39 Å². The summed E-state index contributed by atoms with van der Waals surface area (Å²) in [5.74, 6) is -1.63. The number of likely N-dealkylation sites (tertiary alicyclic amines) is 1. The molecule has 3 unspecified atom stereocenters. The lowest BCUT2D eigenvalue weighted by molar-refractivity contribution is -0.125. The summed E-state index contributed by atoms with van der Waals surface area (Å²) in [6, 6.07) is 2.52. The van der Waals surface area contributed by atoms with Crippen molar-refractivity contribution in [1.29, 1.82) is 0 Å². The van der Waals surface area contributed by atoms with E-state index in [9.17, 15) is 19.2 Å². The van der Waals surface area contributed by atoms with Crippen LogP contribution in [0.5, 0.6) is 0 Å². The standard InChI is InChI=1S/C35H55FN6O4S.C2H6/c1-5-42(17-9-25(2)37)47-28-10-15-40(16-11-28)27-8-12-35(23-27)13-18-41(19-14-35)32-21-26(24-44)29(22-30(32)36)34(46)39(4)31(7-6-20-43)33(45)38-3;1-2/h20-22,24-25,27-28,31H,5-19,23,37H2,1-4H3,(H,38,45);1-2H3. The SMILES string of the molecule is CC.CCN(CCC(C)N)SC1CCN(C2CCC3(CCN(c4cc(C=O)c(C(=O)N(C)C(CCC=O)C(=O)NC)cc4F)CC3)C2)CC1. The molecule has 2 amide bonds. The van der Waals surface area contributed by atoms with Crippen LogP contribution in [-0.2, 0) is 9.59 Å². The van der Waals surface area contributed by atoms with Crippen molar-refractivity contribution in [3.63, 3.8) is 0 Å². The third-order valence-corrected chi connectivity index (χ3v) is 12.2. The molecule has 0 radical (unpaired) electrons. The monoisotopic (exact) mass is 704 g/mol. The van der Waals surface area contributed by atoms with Crippen molar-refractivity contribution in [3.05, 3.63) is 29.1 Å². The predicted octanol–water partition coefficient (Wildman–Crippen LogP) is 5.14. The summed E-state index contributed by atoms with van der Waals surface area (Å²) in [7, 11) is 2.88. The molecule has 2 heterocycles. The van der Waals surface area contributed by atoms with E-state index in [0.29, 0.717) is 42.6 Å². The first-order valence-electron chi connectivity index (χ1n) is 18.4. The molecule has 4 rings (SSSR count). The van der Waals surface area contributed by atoms with Gasteiger partial charge >= 0.3 is 0 Å². The van der Waals surface area contributed by atoms with Crippen LogP contribution >= 0.6 is 11.9 Å². The van der Waals surface area contributed by atoms with Gasteiger partial charge in [-0.15, -0.1) is 0 Å². The Kier molecular flexibility index (Phi) is 16.5. The van der Waals surface area contributed by atoms with Gasteiger partial charge in [-0.2, -0.15) is 0 Å². The second-order valence-electron chi connectivity index (χ2n) is 13.8. The Morgan fingerprint density at radius 1 is 1.10 bits per heavy atom. The summed E-state index contributed by atoms with van der Waals surface area (Å²) in [6.45, 7) is 14.1. The number of hydrogen-bond acceptors (Lipinski definition) is 9. The molecule has 1 spiro atoms. The van der Waals surface area contributed by atoms with Gasteiger partial charge in [-0.05, 0) is 95.3 Å². The molecule has 1 aromatic rings. The van der Waals surface area contributed by atoms with Gasteiger partial charge in [0, 0.05) is 69.6 Å². The Bertz CT molecular complexity index is 1240.